The Morgan fingerprint density at radius 3 is 1.52 bits per heavy atom. The monoisotopic (exact) mass is 564 g/mol. The van der Waals surface area contributed by atoms with Crippen molar-refractivity contribution in [3.8, 4) is 0 Å². The Morgan fingerprint density at radius 1 is 0.675 bits per heavy atom. The number of fused-ring (bicyclic) bond motifs is 1. The minimum absolute atomic E-state index is 0.00343. The van der Waals surface area contributed by atoms with Crippen LogP contribution in [0.2, 0.25) is 0 Å². The molecule has 14 heteroatoms. The molecular weight excluding hydrogens is 524 g/mol. The van der Waals surface area contributed by atoms with Gasteiger partial charge in [-0.25, -0.2) is 28.7 Å². The molecule has 0 fully saturated rings. The SMILES string of the molecule is CN(C(=O)OC(C)(C)C)c1nc(N(C(=O)OC(C)(C)C)C(=O)OC(C)(C)C)nc2c1ncn2C(=O)OC(C)(C)C. The first kappa shape index (κ1) is 32.2. The van der Waals surface area contributed by atoms with Gasteiger partial charge in [0.05, 0.1) is 0 Å². The molecule has 2 aromatic rings. The first-order valence-corrected chi connectivity index (χ1v) is 12.6. The van der Waals surface area contributed by atoms with Gasteiger partial charge in [-0.3, -0.25) is 4.90 Å². The second-order valence-corrected chi connectivity index (χ2v) is 12.9. The van der Waals surface area contributed by atoms with E-state index in [1.807, 2.05) is 0 Å². The van der Waals surface area contributed by atoms with Crippen LogP contribution in [0.5, 0.6) is 0 Å². The van der Waals surface area contributed by atoms with E-state index in [1.54, 1.807) is 83.1 Å². The average molecular weight is 565 g/mol. The lowest BCUT2D eigenvalue weighted by Gasteiger charge is -2.28. The van der Waals surface area contributed by atoms with E-state index in [2.05, 4.69) is 15.0 Å². The van der Waals surface area contributed by atoms with Crippen molar-refractivity contribution in [2.24, 2.45) is 0 Å². The third-order valence-electron chi connectivity index (χ3n) is 4.29. The molecule has 0 bridgehead atoms. The summed E-state index contributed by atoms with van der Waals surface area (Å²) in [5.74, 6) is -0.694. The highest BCUT2D eigenvalue weighted by Crippen LogP contribution is 2.29. The molecule has 0 N–H and O–H groups in total. The molecule has 0 radical (unpaired) electrons. The lowest BCUT2D eigenvalue weighted by molar-refractivity contribution is 0.0425. The van der Waals surface area contributed by atoms with E-state index in [0.717, 1.165) is 15.8 Å². The fourth-order valence-corrected chi connectivity index (χ4v) is 2.92. The number of imidazole rings is 1. The second kappa shape index (κ2) is 10.9. The van der Waals surface area contributed by atoms with Gasteiger partial charge in [0.15, 0.2) is 17.0 Å². The first-order valence-electron chi connectivity index (χ1n) is 12.6. The summed E-state index contributed by atoms with van der Waals surface area (Å²) in [6.45, 7) is 19.8. The fraction of sp³-hybridized carbons (Fsp3) is 0.654. The largest absolute Gasteiger partial charge is 0.443 e. The average Bonchev–Trinajstić information content (AvgIpc) is 3.11. The Hall–Kier alpha value is -3.97. The van der Waals surface area contributed by atoms with Crippen LogP contribution in [0.15, 0.2) is 6.33 Å². The zero-order valence-electron chi connectivity index (χ0n) is 25.5. The quantitative estimate of drug-likeness (QED) is 0.415. The number of amides is 3. The van der Waals surface area contributed by atoms with Crippen LogP contribution in [0.4, 0.5) is 30.9 Å². The summed E-state index contributed by atoms with van der Waals surface area (Å²) in [4.78, 5) is 66.9. The van der Waals surface area contributed by atoms with Crippen molar-refractivity contribution in [3.63, 3.8) is 0 Å². The van der Waals surface area contributed by atoms with Crippen molar-refractivity contribution in [2.75, 3.05) is 16.8 Å². The van der Waals surface area contributed by atoms with Crippen LogP contribution in [-0.2, 0) is 18.9 Å². The summed E-state index contributed by atoms with van der Waals surface area (Å²) in [5, 5.41) is 0. The number of carbonyl (C=O) groups is 4. The lowest BCUT2D eigenvalue weighted by Crippen LogP contribution is -2.45. The predicted molar refractivity (Wildman–Crippen MR) is 147 cm³/mol. The molecule has 14 nitrogen and oxygen atoms in total. The van der Waals surface area contributed by atoms with E-state index in [4.69, 9.17) is 18.9 Å². The molecule has 3 amide bonds. The number of hydrogen-bond acceptors (Lipinski definition) is 11. The number of carbonyl (C=O) groups excluding carboxylic acids is 4. The van der Waals surface area contributed by atoms with E-state index >= 15 is 0 Å². The molecule has 0 aromatic carbocycles. The highest BCUT2D eigenvalue weighted by Gasteiger charge is 2.37. The Labute approximate surface area is 233 Å². The van der Waals surface area contributed by atoms with Crippen LogP contribution in [-0.4, -0.2) is 73.3 Å². The predicted octanol–water partition coefficient (Wildman–Crippen LogP) is 5.66. The number of hydrogen-bond donors (Lipinski definition) is 0. The molecule has 40 heavy (non-hydrogen) atoms. The summed E-state index contributed by atoms with van der Waals surface area (Å²) >= 11 is 0. The van der Waals surface area contributed by atoms with Gasteiger partial charge in [0.1, 0.15) is 28.7 Å². The van der Waals surface area contributed by atoms with E-state index in [1.165, 1.54) is 7.05 Å². The standard InChI is InChI=1S/C26H40N6O8/c1-23(2,3)37-19(33)30(13)16-15-17(31(14-27-15)20(34)38-24(4,5)6)29-18(28-16)32(21(35)39-25(7,8)9)22(36)40-26(10,11)12/h14H,1-13H3. The summed E-state index contributed by atoms with van der Waals surface area (Å²) in [6, 6.07) is 0. The smallest absolute Gasteiger partial charge is 0.427 e. The van der Waals surface area contributed by atoms with Crippen molar-refractivity contribution in [3.05, 3.63) is 6.33 Å². The van der Waals surface area contributed by atoms with Crippen LogP contribution in [0.1, 0.15) is 83.1 Å². The summed E-state index contributed by atoms with van der Waals surface area (Å²) < 4.78 is 22.7. The maximum absolute atomic E-state index is 13.3. The van der Waals surface area contributed by atoms with E-state index in [0.29, 0.717) is 4.90 Å². The van der Waals surface area contributed by atoms with E-state index in [-0.39, 0.29) is 17.0 Å². The maximum atomic E-state index is 13.3. The van der Waals surface area contributed by atoms with Gasteiger partial charge < -0.3 is 18.9 Å². The maximum Gasteiger partial charge on any atom is 0.427 e. The first-order chi connectivity index (χ1) is 17.9. The van der Waals surface area contributed by atoms with E-state index in [9.17, 15) is 19.2 Å². The summed E-state index contributed by atoms with van der Waals surface area (Å²) in [6.07, 6.45) is -2.81. The van der Waals surface area contributed by atoms with Crippen LogP contribution < -0.4 is 9.80 Å². The van der Waals surface area contributed by atoms with Gasteiger partial charge in [0, 0.05) is 7.05 Å². The number of rotatable bonds is 2. The molecule has 2 heterocycles. The third kappa shape index (κ3) is 8.78. The van der Waals surface area contributed by atoms with Gasteiger partial charge in [-0.2, -0.15) is 9.97 Å². The molecule has 0 atom stereocenters. The minimum Gasteiger partial charge on any atom is -0.443 e. The van der Waals surface area contributed by atoms with Crippen LogP contribution in [0, 0.1) is 0 Å². The zero-order chi connectivity index (χ0) is 31.0. The van der Waals surface area contributed by atoms with Gasteiger partial charge >= 0.3 is 24.4 Å². The van der Waals surface area contributed by atoms with Crippen molar-refractivity contribution in [1.29, 1.82) is 0 Å². The molecule has 2 aromatic heterocycles. The van der Waals surface area contributed by atoms with Crippen molar-refractivity contribution >= 4 is 47.3 Å². The molecule has 0 unspecified atom stereocenters. The topological polar surface area (TPSA) is 155 Å². The van der Waals surface area contributed by atoms with Gasteiger partial charge in [0.25, 0.3) is 0 Å². The number of ether oxygens (including phenoxy) is 4. The van der Waals surface area contributed by atoms with Gasteiger partial charge in [-0.1, -0.05) is 0 Å². The molecule has 0 saturated carbocycles. The Bertz CT molecular complexity index is 1260. The number of nitrogens with zero attached hydrogens (tertiary/aromatic N) is 6. The highest BCUT2D eigenvalue weighted by atomic mass is 16.6. The summed E-state index contributed by atoms with van der Waals surface area (Å²) in [7, 11) is 1.36. The third-order valence-corrected chi connectivity index (χ3v) is 4.29. The number of aromatic nitrogens is 4. The summed E-state index contributed by atoms with van der Waals surface area (Å²) in [5.41, 5.74) is -3.88. The van der Waals surface area contributed by atoms with Crippen molar-refractivity contribution < 1.29 is 38.1 Å². The van der Waals surface area contributed by atoms with Gasteiger partial charge in [0.2, 0.25) is 5.95 Å². The molecule has 222 valence electrons. The molecular formula is C26H40N6O8. The molecule has 2 rings (SSSR count). The van der Waals surface area contributed by atoms with Crippen LogP contribution in [0.3, 0.4) is 0 Å². The fourth-order valence-electron chi connectivity index (χ4n) is 2.92. The molecule has 0 aliphatic carbocycles. The van der Waals surface area contributed by atoms with Crippen LogP contribution in [0.25, 0.3) is 11.2 Å². The number of imide groups is 1. The molecule has 0 aliphatic rings. The molecule has 0 aliphatic heterocycles. The minimum atomic E-state index is -1.14. The van der Waals surface area contributed by atoms with Gasteiger partial charge in [-0.05, 0) is 83.1 Å². The van der Waals surface area contributed by atoms with Crippen LogP contribution >= 0.6 is 0 Å². The normalized spacial score (nSPS) is 12.5. The Morgan fingerprint density at radius 2 is 1.10 bits per heavy atom. The van der Waals surface area contributed by atoms with E-state index < -0.39 is 52.7 Å². The highest BCUT2D eigenvalue weighted by molar-refractivity contribution is 6.09. The van der Waals surface area contributed by atoms with Crippen molar-refractivity contribution in [2.45, 2.75) is 105 Å². The Balaban J connectivity index is 2.85. The molecule has 0 spiro atoms. The lowest BCUT2D eigenvalue weighted by atomic mass is 10.2. The van der Waals surface area contributed by atoms with Gasteiger partial charge in [-0.15, -0.1) is 4.90 Å². The number of anilines is 2. The Kier molecular flexibility index (Phi) is 8.78. The molecule has 0 saturated heterocycles. The second-order valence-electron chi connectivity index (χ2n) is 12.9. The van der Waals surface area contributed by atoms with Crippen molar-refractivity contribution in [1.82, 2.24) is 19.5 Å². The zero-order valence-corrected chi connectivity index (χ0v) is 25.5.